The minimum absolute atomic E-state index is 0.109. The molecule has 0 fully saturated rings. The van der Waals surface area contributed by atoms with E-state index >= 15 is 0 Å². The summed E-state index contributed by atoms with van der Waals surface area (Å²) in [4.78, 5) is 9.66. The minimum atomic E-state index is -3.66. The summed E-state index contributed by atoms with van der Waals surface area (Å²) in [7, 11) is -2.09. The van der Waals surface area contributed by atoms with Crippen LogP contribution in [0.4, 0.5) is 5.13 Å². The normalized spacial score (nSPS) is 11.7. The number of rotatable bonds is 7. The van der Waals surface area contributed by atoms with E-state index in [1.165, 1.54) is 23.5 Å². The first-order valence-electron chi connectivity index (χ1n) is 8.64. The number of aromatic nitrogens is 4. The van der Waals surface area contributed by atoms with Gasteiger partial charge in [-0.05, 0) is 30.2 Å². The molecule has 9 nitrogen and oxygen atoms in total. The Morgan fingerprint density at radius 3 is 2.62 bits per heavy atom. The van der Waals surface area contributed by atoms with Crippen molar-refractivity contribution in [1.29, 1.82) is 0 Å². The third-order valence-corrected chi connectivity index (χ3v) is 6.04. The highest BCUT2D eigenvalue weighted by atomic mass is 32.2. The van der Waals surface area contributed by atoms with Crippen molar-refractivity contribution in [2.45, 2.75) is 11.3 Å². The first-order valence-corrected chi connectivity index (χ1v) is 11.0. The molecule has 1 aromatic carbocycles. The number of hydrogen-bond donors (Lipinski definition) is 2. The number of nitrogens with zero attached hydrogens (tertiary/aromatic N) is 4. The largest absolute Gasteiger partial charge is 0.481 e. The van der Waals surface area contributed by atoms with E-state index in [-0.39, 0.29) is 4.90 Å². The molecule has 0 unspecified atom stereocenters. The van der Waals surface area contributed by atoms with Gasteiger partial charge in [-0.2, -0.15) is 0 Å². The van der Waals surface area contributed by atoms with Crippen molar-refractivity contribution in [2.24, 2.45) is 5.14 Å². The van der Waals surface area contributed by atoms with Gasteiger partial charge in [-0.1, -0.05) is 23.5 Å². The fraction of sp³-hybridized carbons (Fsp3) is 0.167. The number of pyridine rings is 1. The second kappa shape index (κ2) is 7.78. The molecule has 0 spiro atoms. The van der Waals surface area contributed by atoms with Crippen LogP contribution in [-0.2, 0) is 16.4 Å². The third kappa shape index (κ3) is 4.36. The number of fused-ring (bicyclic) bond motifs is 1. The third-order valence-electron chi connectivity index (χ3n) is 4.23. The Hall–Kier alpha value is -3.02. The molecule has 4 aromatic rings. The summed E-state index contributed by atoms with van der Waals surface area (Å²) in [6, 6.07) is 10.2. The number of hydrogen-bond acceptors (Lipinski definition) is 8. The van der Waals surface area contributed by atoms with Gasteiger partial charge in [0.15, 0.2) is 0 Å². The summed E-state index contributed by atoms with van der Waals surface area (Å²) < 4.78 is 29.4. The van der Waals surface area contributed by atoms with Gasteiger partial charge in [0, 0.05) is 24.4 Å². The lowest BCUT2D eigenvalue weighted by molar-refractivity contribution is 0.398. The number of primary sulfonamides is 1. The van der Waals surface area contributed by atoms with Crippen LogP contribution < -0.4 is 15.2 Å². The highest BCUT2D eigenvalue weighted by molar-refractivity contribution is 7.89. The SMILES string of the molecule is COc1ccc(-c2cn3nc(NCCc4ccc(S(N)(=O)=O)cc4)sc3n2)cn1. The van der Waals surface area contributed by atoms with E-state index in [1.807, 2.05) is 12.3 Å². The first kappa shape index (κ1) is 19.3. The van der Waals surface area contributed by atoms with Crippen molar-refractivity contribution in [2.75, 3.05) is 19.0 Å². The van der Waals surface area contributed by atoms with Crippen LogP contribution in [0.15, 0.2) is 53.7 Å². The fourth-order valence-corrected chi connectivity index (χ4v) is 4.05. The first-order chi connectivity index (χ1) is 13.9. The molecule has 0 saturated carbocycles. The van der Waals surface area contributed by atoms with Crippen LogP contribution in [0.1, 0.15) is 5.56 Å². The zero-order valence-corrected chi connectivity index (χ0v) is 17.1. The summed E-state index contributed by atoms with van der Waals surface area (Å²) >= 11 is 1.45. The molecular formula is C18H18N6O3S2. The number of nitrogens with two attached hydrogens (primary N) is 1. The van der Waals surface area contributed by atoms with Crippen LogP contribution >= 0.6 is 11.3 Å². The minimum Gasteiger partial charge on any atom is -0.481 e. The molecule has 0 radical (unpaired) electrons. The lowest BCUT2D eigenvalue weighted by Crippen LogP contribution is -2.12. The zero-order chi connectivity index (χ0) is 20.4. The Bertz CT molecular complexity index is 1200. The summed E-state index contributed by atoms with van der Waals surface area (Å²) in [5.41, 5.74) is 2.68. The second-order valence-corrected chi connectivity index (χ2v) is 8.73. The fourth-order valence-electron chi connectivity index (χ4n) is 2.72. The monoisotopic (exact) mass is 430 g/mol. The molecule has 3 heterocycles. The number of nitrogens with one attached hydrogen (secondary N) is 1. The summed E-state index contributed by atoms with van der Waals surface area (Å²) in [5.74, 6) is 0.554. The topological polar surface area (TPSA) is 124 Å². The summed E-state index contributed by atoms with van der Waals surface area (Å²) in [5, 5.41) is 13.6. The Labute approximate surface area is 171 Å². The average Bonchev–Trinajstić information content (AvgIpc) is 3.26. The highest BCUT2D eigenvalue weighted by Crippen LogP contribution is 2.25. The van der Waals surface area contributed by atoms with Crippen LogP contribution in [0.2, 0.25) is 0 Å². The number of methoxy groups -OCH3 is 1. The molecule has 11 heteroatoms. The van der Waals surface area contributed by atoms with Gasteiger partial charge in [0.05, 0.1) is 23.9 Å². The number of benzene rings is 1. The van der Waals surface area contributed by atoms with Crippen molar-refractivity contribution < 1.29 is 13.2 Å². The predicted octanol–water partition coefficient (Wildman–Crippen LogP) is 2.16. The molecule has 4 rings (SSSR count). The van der Waals surface area contributed by atoms with Gasteiger partial charge in [-0.25, -0.2) is 28.0 Å². The molecule has 29 heavy (non-hydrogen) atoms. The number of anilines is 1. The van der Waals surface area contributed by atoms with Gasteiger partial charge < -0.3 is 10.1 Å². The van der Waals surface area contributed by atoms with Crippen LogP contribution in [0, 0.1) is 0 Å². The van der Waals surface area contributed by atoms with E-state index < -0.39 is 10.0 Å². The summed E-state index contributed by atoms with van der Waals surface area (Å²) in [6.45, 7) is 0.653. The molecule has 150 valence electrons. The van der Waals surface area contributed by atoms with Crippen molar-refractivity contribution >= 4 is 31.5 Å². The summed E-state index contributed by atoms with van der Waals surface area (Å²) in [6.07, 6.45) is 4.29. The maximum absolute atomic E-state index is 11.3. The Morgan fingerprint density at radius 2 is 2.00 bits per heavy atom. The van der Waals surface area contributed by atoms with Gasteiger partial charge in [-0.3, -0.25) is 0 Å². The average molecular weight is 431 g/mol. The maximum Gasteiger partial charge on any atom is 0.238 e. The van der Waals surface area contributed by atoms with Crippen LogP contribution in [0.5, 0.6) is 5.88 Å². The van der Waals surface area contributed by atoms with Gasteiger partial charge in [0.1, 0.15) is 0 Å². The maximum atomic E-state index is 11.3. The smallest absolute Gasteiger partial charge is 0.238 e. The second-order valence-electron chi connectivity index (χ2n) is 6.22. The Balaban J connectivity index is 1.38. The van der Waals surface area contributed by atoms with E-state index in [1.54, 1.807) is 36.0 Å². The standard InChI is InChI=1S/C18H18N6O3S2/c1-27-16-7-4-13(10-21-16)15-11-24-18(22-15)28-17(23-24)20-9-8-12-2-5-14(6-3-12)29(19,25)26/h2-7,10-11H,8-9H2,1H3,(H,20,23)(H2,19,25,26). The quantitative estimate of drug-likeness (QED) is 0.460. The van der Waals surface area contributed by atoms with Crippen molar-refractivity contribution in [3.05, 3.63) is 54.4 Å². The van der Waals surface area contributed by atoms with Gasteiger partial charge in [-0.15, -0.1) is 5.10 Å². The number of imidazole rings is 1. The van der Waals surface area contributed by atoms with Crippen molar-refractivity contribution in [3.63, 3.8) is 0 Å². The Morgan fingerprint density at radius 1 is 1.21 bits per heavy atom. The molecule has 0 aliphatic heterocycles. The lowest BCUT2D eigenvalue weighted by atomic mass is 10.1. The predicted molar refractivity (Wildman–Crippen MR) is 111 cm³/mol. The molecular weight excluding hydrogens is 412 g/mol. The molecule has 0 atom stereocenters. The molecule has 3 N–H and O–H groups in total. The van der Waals surface area contributed by atoms with E-state index in [4.69, 9.17) is 9.88 Å². The molecule has 0 bridgehead atoms. The van der Waals surface area contributed by atoms with E-state index in [9.17, 15) is 8.42 Å². The van der Waals surface area contributed by atoms with Crippen molar-refractivity contribution in [1.82, 2.24) is 19.6 Å². The molecule has 3 aromatic heterocycles. The molecule has 0 amide bonds. The zero-order valence-electron chi connectivity index (χ0n) is 15.4. The Kier molecular flexibility index (Phi) is 5.18. The van der Waals surface area contributed by atoms with Crippen LogP contribution in [-0.4, -0.2) is 41.7 Å². The van der Waals surface area contributed by atoms with E-state index in [0.29, 0.717) is 12.4 Å². The van der Waals surface area contributed by atoms with Crippen LogP contribution in [0.3, 0.4) is 0 Å². The van der Waals surface area contributed by atoms with Gasteiger partial charge in [0.25, 0.3) is 0 Å². The van der Waals surface area contributed by atoms with E-state index in [0.717, 1.165) is 33.3 Å². The molecule has 0 aliphatic rings. The highest BCUT2D eigenvalue weighted by Gasteiger charge is 2.10. The molecule has 0 saturated heterocycles. The van der Waals surface area contributed by atoms with Crippen molar-refractivity contribution in [3.8, 4) is 17.1 Å². The number of ether oxygens (including phenoxy) is 1. The van der Waals surface area contributed by atoms with Crippen LogP contribution in [0.25, 0.3) is 16.2 Å². The van der Waals surface area contributed by atoms with Gasteiger partial charge >= 0.3 is 0 Å². The molecule has 0 aliphatic carbocycles. The number of sulfonamides is 1. The van der Waals surface area contributed by atoms with Gasteiger partial charge in [0.2, 0.25) is 26.0 Å². The lowest BCUT2D eigenvalue weighted by Gasteiger charge is -2.04. The van der Waals surface area contributed by atoms with E-state index in [2.05, 4.69) is 20.4 Å².